The van der Waals surface area contributed by atoms with Gasteiger partial charge in [0.15, 0.2) is 5.96 Å². The average Bonchev–Trinajstić information content (AvgIpc) is 3.15. The van der Waals surface area contributed by atoms with Crippen molar-refractivity contribution in [1.82, 2.24) is 15.6 Å². The Kier molecular flexibility index (Phi) is 6.40. The third-order valence-corrected chi connectivity index (χ3v) is 4.89. The summed E-state index contributed by atoms with van der Waals surface area (Å²) in [7, 11) is 0. The van der Waals surface area contributed by atoms with Crippen molar-refractivity contribution in [2.24, 2.45) is 4.99 Å². The molecule has 0 unspecified atom stereocenters. The Hall–Kier alpha value is -2.40. The van der Waals surface area contributed by atoms with Crippen molar-refractivity contribution >= 4 is 28.2 Å². The van der Waals surface area contributed by atoms with Crippen molar-refractivity contribution < 1.29 is 0 Å². The molecule has 0 radical (unpaired) electrons. The second kappa shape index (κ2) is 9.18. The zero-order chi connectivity index (χ0) is 17.3. The maximum absolute atomic E-state index is 4.67. The average molecular weight is 353 g/mol. The Bertz CT molecular complexity index is 806. The summed E-state index contributed by atoms with van der Waals surface area (Å²) in [5.41, 5.74) is 2.35. The summed E-state index contributed by atoms with van der Waals surface area (Å²) in [4.78, 5) is 10.6. The highest BCUT2D eigenvalue weighted by Crippen LogP contribution is 2.16. The number of rotatable bonds is 7. The van der Waals surface area contributed by atoms with E-state index in [0.717, 1.165) is 44.0 Å². The molecule has 0 aliphatic heterocycles. The number of nitrogens with zero attached hydrogens (tertiary/aromatic N) is 2. The summed E-state index contributed by atoms with van der Waals surface area (Å²) in [6, 6.07) is 14.7. The molecular weight excluding hydrogens is 328 g/mol. The Balaban J connectivity index is 1.55. The van der Waals surface area contributed by atoms with Gasteiger partial charge < -0.3 is 10.6 Å². The van der Waals surface area contributed by atoms with Gasteiger partial charge in [-0.15, -0.1) is 11.3 Å². The molecule has 3 rings (SSSR count). The summed E-state index contributed by atoms with van der Waals surface area (Å²) in [6.07, 6.45) is 3.76. The van der Waals surface area contributed by atoms with Crippen molar-refractivity contribution in [2.75, 3.05) is 19.6 Å². The van der Waals surface area contributed by atoms with E-state index in [1.54, 1.807) is 11.3 Å². The number of hydrogen-bond donors (Lipinski definition) is 2. The Morgan fingerprint density at radius 1 is 1.08 bits per heavy atom. The highest BCUT2D eigenvalue weighted by Gasteiger charge is 2.03. The second-order valence-electron chi connectivity index (χ2n) is 5.76. The number of benzene rings is 1. The van der Waals surface area contributed by atoms with E-state index < -0.39 is 0 Å². The molecule has 3 aromatic rings. The van der Waals surface area contributed by atoms with E-state index >= 15 is 0 Å². The van der Waals surface area contributed by atoms with Gasteiger partial charge in [0.25, 0.3) is 0 Å². The van der Waals surface area contributed by atoms with Crippen LogP contribution in [-0.2, 0) is 12.8 Å². The van der Waals surface area contributed by atoms with Gasteiger partial charge in [-0.2, -0.15) is 0 Å². The first kappa shape index (κ1) is 17.4. The number of pyridine rings is 1. The van der Waals surface area contributed by atoms with Crippen molar-refractivity contribution in [3.8, 4) is 0 Å². The van der Waals surface area contributed by atoms with Gasteiger partial charge in [-0.3, -0.25) is 9.98 Å². The summed E-state index contributed by atoms with van der Waals surface area (Å²) in [5, 5.41) is 10.0. The first-order valence-electron chi connectivity index (χ1n) is 8.74. The normalized spacial score (nSPS) is 11.6. The Morgan fingerprint density at radius 2 is 2.00 bits per heavy atom. The van der Waals surface area contributed by atoms with Gasteiger partial charge in [0.1, 0.15) is 0 Å². The van der Waals surface area contributed by atoms with Crippen LogP contribution in [0.4, 0.5) is 0 Å². The maximum atomic E-state index is 4.67. The van der Waals surface area contributed by atoms with Gasteiger partial charge >= 0.3 is 0 Å². The van der Waals surface area contributed by atoms with Crippen LogP contribution in [0, 0.1) is 0 Å². The Labute approximate surface area is 153 Å². The first-order valence-corrected chi connectivity index (χ1v) is 9.62. The summed E-state index contributed by atoms with van der Waals surface area (Å²) < 4.78 is 0. The van der Waals surface area contributed by atoms with E-state index in [0.29, 0.717) is 0 Å². The molecule has 0 spiro atoms. The van der Waals surface area contributed by atoms with Gasteiger partial charge in [0, 0.05) is 42.5 Å². The van der Waals surface area contributed by atoms with Crippen LogP contribution in [0.2, 0.25) is 0 Å². The highest BCUT2D eigenvalue weighted by molar-refractivity contribution is 7.09. The van der Waals surface area contributed by atoms with Crippen LogP contribution in [0.1, 0.15) is 17.4 Å². The molecule has 2 aromatic heterocycles. The van der Waals surface area contributed by atoms with Crippen molar-refractivity contribution in [3.63, 3.8) is 0 Å². The fourth-order valence-corrected chi connectivity index (χ4v) is 3.46. The molecule has 2 N–H and O–H groups in total. The molecule has 0 saturated heterocycles. The largest absolute Gasteiger partial charge is 0.357 e. The lowest BCUT2D eigenvalue weighted by Gasteiger charge is -2.12. The molecule has 0 aliphatic rings. The molecule has 1 aromatic carbocycles. The standard InChI is InChI=1S/C20H24N4S/c1-2-21-20(24-14-11-18-9-5-15-25-18)23-13-10-17-7-3-6-16-8-4-12-22-19(16)17/h3-9,12,15H,2,10-11,13-14H2,1H3,(H2,21,23,24). The lowest BCUT2D eigenvalue weighted by atomic mass is 10.1. The zero-order valence-electron chi connectivity index (χ0n) is 14.5. The number of thiophene rings is 1. The first-order chi connectivity index (χ1) is 12.4. The molecule has 0 bridgehead atoms. The molecule has 0 aliphatic carbocycles. The van der Waals surface area contributed by atoms with Gasteiger partial charge in [-0.1, -0.05) is 30.3 Å². The zero-order valence-corrected chi connectivity index (χ0v) is 15.4. The number of guanidine groups is 1. The molecule has 5 heteroatoms. The van der Waals surface area contributed by atoms with E-state index in [9.17, 15) is 0 Å². The topological polar surface area (TPSA) is 49.3 Å². The number of para-hydroxylation sites is 1. The molecule has 0 atom stereocenters. The fraction of sp³-hybridized carbons (Fsp3) is 0.300. The number of nitrogens with one attached hydrogen (secondary N) is 2. The third-order valence-electron chi connectivity index (χ3n) is 3.96. The number of fused-ring (bicyclic) bond motifs is 1. The van der Waals surface area contributed by atoms with Crippen LogP contribution in [0.15, 0.2) is 59.0 Å². The minimum absolute atomic E-state index is 0.797. The quantitative estimate of drug-likeness (QED) is 0.504. The predicted octanol–water partition coefficient (Wildman–Crippen LogP) is 3.64. The van der Waals surface area contributed by atoms with E-state index in [1.165, 1.54) is 15.8 Å². The van der Waals surface area contributed by atoms with E-state index in [1.807, 2.05) is 12.3 Å². The number of hydrogen-bond acceptors (Lipinski definition) is 3. The van der Waals surface area contributed by atoms with Gasteiger partial charge in [-0.05, 0) is 36.4 Å². The number of aliphatic imine (C=N–C) groups is 1. The monoisotopic (exact) mass is 352 g/mol. The number of aromatic nitrogens is 1. The molecule has 0 amide bonds. The van der Waals surface area contributed by atoms with Gasteiger partial charge in [0.05, 0.1) is 5.52 Å². The van der Waals surface area contributed by atoms with Crippen LogP contribution < -0.4 is 10.6 Å². The van der Waals surface area contributed by atoms with E-state index in [-0.39, 0.29) is 0 Å². The smallest absolute Gasteiger partial charge is 0.191 e. The molecule has 25 heavy (non-hydrogen) atoms. The second-order valence-corrected chi connectivity index (χ2v) is 6.79. The van der Waals surface area contributed by atoms with E-state index in [4.69, 9.17) is 0 Å². The molecule has 2 heterocycles. The lowest BCUT2D eigenvalue weighted by Crippen LogP contribution is -2.38. The molecule has 130 valence electrons. The summed E-state index contributed by atoms with van der Waals surface area (Å²) >= 11 is 1.79. The molecule has 0 fully saturated rings. The maximum Gasteiger partial charge on any atom is 0.191 e. The van der Waals surface area contributed by atoms with Crippen molar-refractivity contribution in [2.45, 2.75) is 19.8 Å². The third kappa shape index (κ3) is 5.03. The van der Waals surface area contributed by atoms with Crippen molar-refractivity contribution in [3.05, 3.63) is 64.5 Å². The summed E-state index contributed by atoms with van der Waals surface area (Å²) in [6.45, 7) is 4.58. The minimum Gasteiger partial charge on any atom is -0.357 e. The van der Waals surface area contributed by atoms with Crippen LogP contribution in [0.5, 0.6) is 0 Å². The predicted molar refractivity (Wildman–Crippen MR) is 107 cm³/mol. The lowest BCUT2D eigenvalue weighted by molar-refractivity contribution is 0.799. The molecular formula is C20H24N4S. The van der Waals surface area contributed by atoms with Crippen LogP contribution in [-0.4, -0.2) is 30.6 Å². The van der Waals surface area contributed by atoms with Gasteiger partial charge in [-0.25, -0.2) is 0 Å². The Morgan fingerprint density at radius 3 is 2.84 bits per heavy atom. The summed E-state index contributed by atoms with van der Waals surface area (Å²) in [5.74, 6) is 0.882. The highest BCUT2D eigenvalue weighted by atomic mass is 32.1. The molecule has 0 saturated carbocycles. The van der Waals surface area contributed by atoms with Crippen molar-refractivity contribution in [1.29, 1.82) is 0 Å². The SMILES string of the molecule is CCNC(=NCCc1cccs1)NCCc1cccc2cccnc12. The van der Waals surface area contributed by atoms with E-state index in [2.05, 4.69) is 69.3 Å². The van der Waals surface area contributed by atoms with Crippen LogP contribution in [0.3, 0.4) is 0 Å². The van der Waals surface area contributed by atoms with Gasteiger partial charge in [0.2, 0.25) is 0 Å². The minimum atomic E-state index is 0.797. The van der Waals surface area contributed by atoms with Crippen LogP contribution in [0.25, 0.3) is 10.9 Å². The molecule has 4 nitrogen and oxygen atoms in total. The fourth-order valence-electron chi connectivity index (χ4n) is 2.76. The van der Waals surface area contributed by atoms with Crippen LogP contribution >= 0.6 is 11.3 Å².